The number of nitro groups is 1. The number of aryl methyl sites for hydroxylation is 1. The molecule has 0 amide bonds. The Kier molecular flexibility index (Phi) is 4.15. The van der Waals surface area contributed by atoms with Gasteiger partial charge >= 0.3 is 0 Å². The predicted octanol–water partition coefficient (Wildman–Crippen LogP) is 3.42. The molecule has 2 N–H and O–H groups in total. The van der Waals surface area contributed by atoms with Gasteiger partial charge in [-0.2, -0.15) is 0 Å². The number of hydrogen-bond donors (Lipinski definition) is 1. The second-order valence-electron chi connectivity index (χ2n) is 4.65. The maximum absolute atomic E-state index is 11.1. The molecule has 20 heavy (non-hydrogen) atoms. The van der Waals surface area contributed by atoms with Crippen molar-refractivity contribution < 1.29 is 4.92 Å². The van der Waals surface area contributed by atoms with Crippen LogP contribution in [-0.2, 0) is 0 Å². The number of hydrogen-bond acceptors (Lipinski definition) is 4. The lowest BCUT2D eigenvalue weighted by molar-refractivity contribution is -0.385. The Labute approximate surface area is 125 Å². The highest BCUT2D eigenvalue weighted by Crippen LogP contribution is 2.29. The Hall–Kier alpha value is -1.79. The van der Waals surface area contributed by atoms with Gasteiger partial charge in [-0.1, -0.05) is 6.07 Å². The summed E-state index contributed by atoms with van der Waals surface area (Å²) in [4.78, 5) is 14.8. The van der Waals surface area contributed by atoms with Crippen LogP contribution in [0.15, 0.2) is 35.1 Å². The van der Waals surface area contributed by atoms with Crippen molar-refractivity contribution in [3.8, 4) is 0 Å². The van der Waals surface area contributed by atoms with Gasteiger partial charge in [-0.15, -0.1) is 0 Å². The van der Waals surface area contributed by atoms with Crippen molar-refractivity contribution >= 4 is 21.6 Å². The normalized spacial score (nSPS) is 12.2. The fraction of sp³-hybridized carbons (Fsp3) is 0.214. The van der Waals surface area contributed by atoms with E-state index in [0.717, 1.165) is 15.6 Å². The third-order valence-electron chi connectivity index (χ3n) is 3.30. The summed E-state index contributed by atoms with van der Waals surface area (Å²) in [6, 6.07) is 4.83. The van der Waals surface area contributed by atoms with Gasteiger partial charge in [0.05, 0.1) is 11.0 Å². The van der Waals surface area contributed by atoms with E-state index in [9.17, 15) is 10.1 Å². The van der Waals surface area contributed by atoms with Crippen molar-refractivity contribution in [1.29, 1.82) is 0 Å². The van der Waals surface area contributed by atoms with Gasteiger partial charge in [-0.05, 0) is 52.5 Å². The first kappa shape index (κ1) is 14.6. The van der Waals surface area contributed by atoms with E-state index in [-0.39, 0.29) is 10.6 Å². The van der Waals surface area contributed by atoms with Gasteiger partial charge in [0.25, 0.3) is 5.69 Å². The van der Waals surface area contributed by atoms with E-state index in [0.29, 0.717) is 11.1 Å². The van der Waals surface area contributed by atoms with Crippen LogP contribution in [0.1, 0.15) is 28.3 Å². The van der Waals surface area contributed by atoms with Gasteiger partial charge in [-0.3, -0.25) is 15.1 Å². The molecule has 5 nitrogen and oxygen atoms in total. The van der Waals surface area contributed by atoms with Crippen LogP contribution in [0.2, 0.25) is 0 Å². The number of nitrogens with zero attached hydrogens (tertiary/aromatic N) is 2. The maximum Gasteiger partial charge on any atom is 0.272 e. The van der Waals surface area contributed by atoms with Gasteiger partial charge in [-0.25, -0.2) is 0 Å². The van der Waals surface area contributed by atoms with E-state index in [1.165, 1.54) is 6.07 Å². The summed E-state index contributed by atoms with van der Waals surface area (Å²) in [5, 5.41) is 11.1. The molecule has 2 rings (SSSR count). The minimum Gasteiger partial charge on any atom is -0.320 e. The highest BCUT2D eigenvalue weighted by Gasteiger charge is 2.18. The highest BCUT2D eigenvalue weighted by atomic mass is 79.9. The molecule has 1 aromatic carbocycles. The molecule has 104 valence electrons. The van der Waals surface area contributed by atoms with Crippen LogP contribution in [-0.4, -0.2) is 9.91 Å². The van der Waals surface area contributed by atoms with Crippen LogP contribution in [0.25, 0.3) is 0 Å². The van der Waals surface area contributed by atoms with Crippen LogP contribution in [0.4, 0.5) is 5.69 Å². The van der Waals surface area contributed by atoms with Gasteiger partial charge in [0, 0.05) is 28.5 Å². The quantitative estimate of drug-likeness (QED) is 0.688. The molecule has 1 atom stereocenters. The summed E-state index contributed by atoms with van der Waals surface area (Å²) in [6.45, 7) is 3.58. The lowest BCUT2D eigenvalue weighted by atomic mass is 9.96. The van der Waals surface area contributed by atoms with Crippen molar-refractivity contribution in [3.63, 3.8) is 0 Å². The molecule has 0 aliphatic heterocycles. The van der Waals surface area contributed by atoms with E-state index >= 15 is 0 Å². The number of halogens is 1. The lowest BCUT2D eigenvalue weighted by Crippen LogP contribution is -2.13. The smallest absolute Gasteiger partial charge is 0.272 e. The standard InChI is InChI=1S/C14H14BrN3O2/c1-8-3-10(5-13(9(8)2)18(19)20)14(16)11-4-12(15)7-17-6-11/h3-7,14H,16H2,1-2H3. The van der Waals surface area contributed by atoms with Crippen molar-refractivity contribution in [2.75, 3.05) is 0 Å². The molecule has 1 heterocycles. The SMILES string of the molecule is Cc1cc(C(N)c2cncc(Br)c2)cc([N+](=O)[O-])c1C. The summed E-state index contributed by atoms with van der Waals surface area (Å²) in [6.07, 6.45) is 3.33. The Balaban J connectivity index is 2.50. The first-order valence-corrected chi connectivity index (χ1v) is 6.81. The minimum atomic E-state index is -0.446. The zero-order valence-electron chi connectivity index (χ0n) is 11.1. The van der Waals surface area contributed by atoms with Crippen molar-refractivity contribution in [2.24, 2.45) is 5.73 Å². The van der Waals surface area contributed by atoms with Gasteiger partial charge in [0.15, 0.2) is 0 Å². The monoisotopic (exact) mass is 335 g/mol. The van der Waals surface area contributed by atoms with E-state index in [4.69, 9.17) is 5.73 Å². The Bertz CT molecular complexity index is 673. The van der Waals surface area contributed by atoms with Crippen LogP contribution in [0.5, 0.6) is 0 Å². The van der Waals surface area contributed by atoms with Crippen LogP contribution in [0.3, 0.4) is 0 Å². The predicted molar refractivity (Wildman–Crippen MR) is 80.5 cm³/mol. The first-order chi connectivity index (χ1) is 9.40. The number of aromatic nitrogens is 1. The summed E-state index contributed by atoms with van der Waals surface area (Å²) in [7, 11) is 0. The second kappa shape index (κ2) is 5.68. The molecule has 0 aliphatic rings. The average Bonchev–Trinajstić information content (AvgIpc) is 2.40. The molecule has 0 spiro atoms. The van der Waals surface area contributed by atoms with E-state index in [1.54, 1.807) is 19.3 Å². The third kappa shape index (κ3) is 2.86. The highest BCUT2D eigenvalue weighted by molar-refractivity contribution is 9.10. The summed E-state index contributed by atoms with van der Waals surface area (Å²) in [5.41, 5.74) is 9.32. The Morgan fingerprint density at radius 2 is 1.95 bits per heavy atom. The van der Waals surface area contributed by atoms with E-state index in [1.807, 2.05) is 19.1 Å². The largest absolute Gasteiger partial charge is 0.320 e. The molecule has 0 fully saturated rings. The zero-order chi connectivity index (χ0) is 14.9. The lowest BCUT2D eigenvalue weighted by Gasteiger charge is -2.14. The third-order valence-corrected chi connectivity index (χ3v) is 3.74. The van der Waals surface area contributed by atoms with Crippen LogP contribution >= 0.6 is 15.9 Å². The number of nitro benzene ring substituents is 1. The van der Waals surface area contributed by atoms with Crippen molar-refractivity contribution in [3.05, 3.63) is 67.4 Å². The van der Waals surface area contributed by atoms with Gasteiger partial charge in [0.2, 0.25) is 0 Å². The molecule has 0 radical (unpaired) electrons. The topological polar surface area (TPSA) is 82.0 Å². The number of rotatable bonds is 3. The van der Waals surface area contributed by atoms with E-state index in [2.05, 4.69) is 20.9 Å². The molecule has 0 bridgehead atoms. The Morgan fingerprint density at radius 1 is 1.25 bits per heavy atom. The molecule has 0 saturated carbocycles. The van der Waals surface area contributed by atoms with E-state index < -0.39 is 6.04 Å². The van der Waals surface area contributed by atoms with Gasteiger partial charge < -0.3 is 5.73 Å². The molecule has 1 aromatic heterocycles. The molecule has 1 unspecified atom stereocenters. The van der Waals surface area contributed by atoms with Crippen LogP contribution in [0, 0.1) is 24.0 Å². The zero-order valence-corrected chi connectivity index (χ0v) is 12.7. The van der Waals surface area contributed by atoms with Crippen molar-refractivity contribution in [1.82, 2.24) is 4.98 Å². The summed E-state index contributed by atoms with van der Waals surface area (Å²) >= 11 is 3.34. The van der Waals surface area contributed by atoms with Crippen LogP contribution < -0.4 is 5.73 Å². The van der Waals surface area contributed by atoms with Gasteiger partial charge in [0.1, 0.15) is 0 Å². The van der Waals surface area contributed by atoms with Crippen molar-refractivity contribution in [2.45, 2.75) is 19.9 Å². The number of pyridine rings is 1. The Morgan fingerprint density at radius 3 is 2.55 bits per heavy atom. The molecular weight excluding hydrogens is 322 g/mol. The summed E-state index contributed by atoms with van der Waals surface area (Å²) in [5.74, 6) is 0. The summed E-state index contributed by atoms with van der Waals surface area (Å²) < 4.78 is 0.823. The maximum atomic E-state index is 11.1. The second-order valence-corrected chi connectivity index (χ2v) is 5.57. The number of nitrogens with two attached hydrogens (primary N) is 1. The molecule has 0 aliphatic carbocycles. The molecule has 0 saturated heterocycles. The molecule has 6 heteroatoms. The fourth-order valence-corrected chi connectivity index (χ4v) is 2.41. The number of benzene rings is 1. The minimum absolute atomic E-state index is 0.0957. The first-order valence-electron chi connectivity index (χ1n) is 6.01. The molecular formula is C14H14BrN3O2. The molecule has 2 aromatic rings. The fourth-order valence-electron chi connectivity index (χ4n) is 2.03. The average molecular weight is 336 g/mol.